The molecule has 1 saturated carbocycles. The minimum atomic E-state index is -1.04. The molecule has 4 N–H and O–H groups in total. The highest BCUT2D eigenvalue weighted by molar-refractivity contribution is 5.92. The second-order valence-corrected chi connectivity index (χ2v) is 4.97. The molecule has 1 aromatic carbocycles. The zero-order valence-corrected chi connectivity index (χ0v) is 11.0. The Morgan fingerprint density at radius 2 is 2.20 bits per heavy atom. The summed E-state index contributed by atoms with van der Waals surface area (Å²) in [4.78, 5) is 22.5. The number of anilines is 1. The molecule has 0 saturated heterocycles. The minimum absolute atomic E-state index is 0.0476. The van der Waals surface area contributed by atoms with Gasteiger partial charge in [-0.05, 0) is 31.4 Å². The van der Waals surface area contributed by atoms with Crippen LogP contribution in [-0.2, 0) is 9.59 Å². The van der Waals surface area contributed by atoms with Crippen LogP contribution in [0.1, 0.15) is 19.3 Å². The number of carboxylic acids is 1. The van der Waals surface area contributed by atoms with Gasteiger partial charge in [0.05, 0.1) is 0 Å². The van der Waals surface area contributed by atoms with Crippen LogP contribution in [0, 0.1) is 5.92 Å². The third-order valence-corrected chi connectivity index (χ3v) is 3.31. The summed E-state index contributed by atoms with van der Waals surface area (Å²) in [5.41, 5.74) is 6.39. The van der Waals surface area contributed by atoms with Crippen LogP contribution >= 0.6 is 0 Å². The molecule has 108 valence electrons. The van der Waals surface area contributed by atoms with Crippen LogP contribution in [-0.4, -0.2) is 29.6 Å². The summed E-state index contributed by atoms with van der Waals surface area (Å²) in [6.07, 6.45) is 2.39. The van der Waals surface area contributed by atoms with Crippen LogP contribution in [0.25, 0.3) is 0 Å². The quantitative estimate of drug-likeness (QED) is 0.751. The number of rotatable bonds is 5. The van der Waals surface area contributed by atoms with Crippen molar-refractivity contribution >= 4 is 17.6 Å². The number of carbonyl (C=O) groups excluding carboxylic acids is 1. The number of hydrogen-bond donors (Lipinski definition) is 3. The normalized spacial score (nSPS) is 21.4. The van der Waals surface area contributed by atoms with Gasteiger partial charge in [-0.25, -0.2) is 4.79 Å². The molecule has 0 radical (unpaired) electrons. The summed E-state index contributed by atoms with van der Waals surface area (Å²) in [5.74, 6) is -0.727. The van der Waals surface area contributed by atoms with Crippen molar-refractivity contribution in [2.45, 2.75) is 25.3 Å². The standard InChI is InChI=1S/C14H18N2O4/c15-10-5-4-9(6-10)14(19)16-11-2-1-3-12(7-11)20-8-13(17)18/h1-3,7,9-10H,4-6,8,15H2,(H,16,19)(H,17,18). The van der Waals surface area contributed by atoms with Crippen molar-refractivity contribution in [3.63, 3.8) is 0 Å². The number of nitrogens with one attached hydrogen (secondary N) is 1. The van der Waals surface area contributed by atoms with E-state index in [0.29, 0.717) is 17.9 Å². The Kier molecular flexibility index (Phi) is 4.57. The molecule has 1 amide bonds. The Morgan fingerprint density at radius 3 is 2.85 bits per heavy atom. The number of nitrogens with two attached hydrogens (primary N) is 1. The smallest absolute Gasteiger partial charge is 0.341 e. The molecule has 20 heavy (non-hydrogen) atoms. The lowest BCUT2D eigenvalue weighted by molar-refractivity contribution is -0.139. The third kappa shape index (κ3) is 3.96. The van der Waals surface area contributed by atoms with E-state index in [2.05, 4.69) is 5.32 Å². The summed E-state index contributed by atoms with van der Waals surface area (Å²) in [6, 6.07) is 6.80. The first-order valence-corrected chi connectivity index (χ1v) is 6.55. The van der Waals surface area contributed by atoms with E-state index in [4.69, 9.17) is 15.6 Å². The van der Waals surface area contributed by atoms with Gasteiger partial charge in [0.2, 0.25) is 5.91 Å². The van der Waals surface area contributed by atoms with Gasteiger partial charge in [0.1, 0.15) is 5.75 Å². The van der Waals surface area contributed by atoms with Gasteiger partial charge in [-0.15, -0.1) is 0 Å². The molecule has 1 fully saturated rings. The van der Waals surface area contributed by atoms with Crippen LogP contribution in [0.4, 0.5) is 5.69 Å². The monoisotopic (exact) mass is 278 g/mol. The topological polar surface area (TPSA) is 102 Å². The Bertz CT molecular complexity index is 504. The van der Waals surface area contributed by atoms with Crippen molar-refractivity contribution < 1.29 is 19.4 Å². The summed E-state index contributed by atoms with van der Waals surface area (Å²) >= 11 is 0. The molecule has 6 nitrogen and oxygen atoms in total. The zero-order valence-electron chi connectivity index (χ0n) is 11.0. The maximum atomic E-state index is 12.0. The fourth-order valence-electron chi connectivity index (χ4n) is 2.31. The van der Waals surface area contributed by atoms with E-state index in [-0.39, 0.29) is 17.9 Å². The van der Waals surface area contributed by atoms with Crippen molar-refractivity contribution in [3.05, 3.63) is 24.3 Å². The van der Waals surface area contributed by atoms with Gasteiger partial charge in [-0.1, -0.05) is 6.07 Å². The minimum Gasteiger partial charge on any atom is -0.482 e. The first kappa shape index (κ1) is 14.3. The second-order valence-electron chi connectivity index (χ2n) is 4.97. The van der Waals surface area contributed by atoms with E-state index in [0.717, 1.165) is 12.8 Å². The predicted octanol–water partition coefficient (Wildman–Crippen LogP) is 1.22. The molecule has 0 bridgehead atoms. The van der Waals surface area contributed by atoms with E-state index < -0.39 is 12.6 Å². The summed E-state index contributed by atoms with van der Waals surface area (Å²) in [7, 11) is 0. The fourth-order valence-corrected chi connectivity index (χ4v) is 2.31. The van der Waals surface area contributed by atoms with Gasteiger partial charge in [0.15, 0.2) is 6.61 Å². The highest BCUT2D eigenvalue weighted by Crippen LogP contribution is 2.26. The highest BCUT2D eigenvalue weighted by Gasteiger charge is 2.27. The van der Waals surface area contributed by atoms with Gasteiger partial charge in [0, 0.05) is 23.7 Å². The number of carboxylic acid groups (broad SMARTS) is 1. The van der Waals surface area contributed by atoms with Gasteiger partial charge < -0.3 is 20.9 Å². The van der Waals surface area contributed by atoms with E-state index >= 15 is 0 Å². The average Bonchev–Trinajstić information content (AvgIpc) is 2.84. The largest absolute Gasteiger partial charge is 0.482 e. The first-order chi connectivity index (χ1) is 9.54. The van der Waals surface area contributed by atoms with Crippen LogP contribution in [0.3, 0.4) is 0 Å². The number of benzene rings is 1. The Morgan fingerprint density at radius 1 is 1.40 bits per heavy atom. The van der Waals surface area contributed by atoms with E-state index in [1.165, 1.54) is 0 Å². The predicted molar refractivity (Wildman–Crippen MR) is 73.5 cm³/mol. The maximum absolute atomic E-state index is 12.0. The van der Waals surface area contributed by atoms with Crippen LogP contribution in [0.5, 0.6) is 5.75 Å². The maximum Gasteiger partial charge on any atom is 0.341 e. The van der Waals surface area contributed by atoms with Crippen molar-refractivity contribution in [2.24, 2.45) is 11.7 Å². The number of carbonyl (C=O) groups is 2. The Labute approximate surface area is 116 Å². The Hall–Kier alpha value is -2.08. The van der Waals surface area contributed by atoms with E-state index in [1.54, 1.807) is 24.3 Å². The van der Waals surface area contributed by atoms with Gasteiger partial charge in [0.25, 0.3) is 0 Å². The van der Waals surface area contributed by atoms with Crippen molar-refractivity contribution in [2.75, 3.05) is 11.9 Å². The fraction of sp³-hybridized carbons (Fsp3) is 0.429. The van der Waals surface area contributed by atoms with Crippen LogP contribution in [0.15, 0.2) is 24.3 Å². The molecule has 1 aromatic rings. The van der Waals surface area contributed by atoms with Gasteiger partial charge >= 0.3 is 5.97 Å². The molecule has 0 aromatic heterocycles. The number of hydrogen-bond acceptors (Lipinski definition) is 4. The molecule has 0 heterocycles. The molecule has 2 unspecified atom stereocenters. The summed E-state index contributed by atoms with van der Waals surface area (Å²) < 4.78 is 5.06. The van der Waals surface area contributed by atoms with Crippen molar-refractivity contribution in [3.8, 4) is 5.75 Å². The SMILES string of the molecule is NC1CCC(C(=O)Nc2cccc(OCC(=O)O)c2)C1. The lowest BCUT2D eigenvalue weighted by Gasteiger charge is -2.11. The molecule has 1 aliphatic rings. The molecular formula is C14H18N2O4. The average molecular weight is 278 g/mol. The Balaban J connectivity index is 1.93. The summed E-state index contributed by atoms with van der Waals surface area (Å²) in [5, 5.41) is 11.4. The van der Waals surface area contributed by atoms with Crippen molar-refractivity contribution in [1.82, 2.24) is 0 Å². The third-order valence-electron chi connectivity index (χ3n) is 3.31. The molecule has 2 rings (SSSR count). The van der Waals surface area contributed by atoms with Crippen LogP contribution in [0.2, 0.25) is 0 Å². The molecular weight excluding hydrogens is 260 g/mol. The zero-order chi connectivity index (χ0) is 14.5. The number of ether oxygens (including phenoxy) is 1. The van der Waals surface area contributed by atoms with E-state index in [9.17, 15) is 9.59 Å². The number of amides is 1. The molecule has 1 aliphatic carbocycles. The van der Waals surface area contributed by atoms with Crippen molar-refractivity contribution in [1.29, 1.82) is 0 Å². The first-order valence-electron chi connectivity index (χ1n) is 6.55. The lowest BCUT2D eigenvalue weighted by Crippen LogP contribution is -2.23. The van der Waals surface area contributed by atoms with Gasteiger partial charge in [-0.2, -0.15) is 0 Å². The summed E-state index contributed by atoms with van der Waals surface area (Å²) in [6.45, 7) is -0.408. The number of aliphatic carboxylic acids is 1. The molecule has 6 heteroatoms. The molecule has 0 spiro atoms. The molecule has 0 aliphatic heterocycles. The van der Waals surface area contributed by atoms with Gasteiger partial charge in [-0.3, -0.25) is 4.79 Å². The molecule has 2 atom stereocenters. The lowest BCUT2D eigenvalue weighted by atomic mass is 10.1. The highest BCUT2D eigenvalue weighted by atomic mass is 16.5. The van der Waals surface area contributed by atoms with Crippen LogP contribution < -0.4 is 15.8 Å². The van der Waals surface area contributed by atoms with E-state index in [1.807, 2.05) is 0 Å². The second kappa shape index (κ2) is 6.38.